The van der Waals surface area contributed by atoms with Gasteiger partial charge in [-0.05, 0) is 63.1 Å². The third-order valence-electron chi connectivity index (χ3n) is 15.9. The zero-order valence-electron chi connectivity index (χ0n) is 57.2. The number of hydrogen-bond donors (Lipinski definition) is 11. The number of rotatable bonds is 28. The Morgan fingerprint density at radius 1 is 0.682 bits per heavy atom. The number of H-pyrrole nitrogens is 1. The van der Waals surface area contributed by atoms with Crippen LogP contribution in [0.15, 0.2) is 162 Å². The molecule has 17 atom stereocenters. The average molecular weight is 1550 g/mol. The first-order valence-electron chi connectivity index (χ1n) is 32.0. The summed E-state index contributed by atoms with van der Waals surface area (Å²) in [5.41, 5.74) is -7.74. The van der Waals surface area contributed by atoms with Crippen molar-refractivity contribution >= 4 is 59.0 Å². The monoisotopic (exact) mass is 1550 g/mol. The number of benzene rings is 3. The van der Waals surface area contributed by atoms with Gasteiger partial charge in [-0.1, -0.05) is 86.5 Å². The molecule has 572 valence electrons. The van der Waals surface area contributed by atoms with E-state index in [9.17, 15) is 77.4 Å². The Hall–Kier alpha value is -10.0. The van der Waals surface area contributed by atoms with Crippen LogP contribution in [0.4, 0.5) is 4.79 Å². The summed E-state index contributed by atoms with van der Waals surface area (Å²) >= 11 is 0. The maximum absolute atomic E-state index is 13.8. The van der Waals surface area contributed by atoms with Crippen LogP contribution in [0.3, 0.4) is 0 Å². The van der Waals surface area contributed by atoms with Crippen LogP contribution in [-0.4, -0.2) is 203 Å². The number of terminal acetylenes is 3. The van der Waals surface area contributed by atoms with Crippen LogP contribution in [0.25, 0.3) is 0 Å². The van der Waals surface area contributed by atoms with Gasteiger partial charge in [-0.2, -0.15) is 5.09 Å². The second-order valence-corrected chi connectivity index (χ2v) is 29.4. The van der Waals surface area contributed by atoms with Crippen molar-refractivity contribution in [3.63, 3.8) is 0 Å². The highest BCUT2D eigenvalue weighted by molar-refractivity contribution is 7.53. The second kappa shape index (κ2) is 35.1. The Balaban J connectivity index is 0.000000206. The number of ether oxygens (including phenoxy) is 7. The predicted molar refractivity (Wildman–Crippen MR) is 369 cm³/mol. The molecule has 37 nitrogen and oxygen atoms in total. The molecule has 4 aromatic rings. The number of amides is 2. The first-order chi connectivity index (χ1) is 50.5. The number of carbonyl (C=O) groups excluding carboxylic acids is 5. The van der Waals surface area contributed by atoms with Crippen LogP contribution in [0.5, 0.6) is 11.5 Å². The molecule has 0 radical (unpaired) electrons. The topological polar surface area (TPSA) is 495 Å². The zero-order chi connectivity index (χ0) is 78.4. The molecular weight excluding hydrogens is 1470 g/mol. The lowest BCUT2D eigenvalue weighted by atomic mass is 9.94. The zero-order valence-corrected chi connectivity index (χ0v) is 59.9. The summed E-state index contributed by atoms with van der Waals surface area (Å²) in [6, 6.07) is 24.6. The molecule has 0 aliphatic carbocycles. The maximum atomic E-state index is 13.8. The summed E-state index contributed by atoms with van der Waals surface area (Å²) in [7, 11) is -12.8. The molecule has 40 heteroatoms. The molecular formula is C67H75N8O29P3. The van der Waals surface area contributed by atoms with E-state index in [-0.39, 0.29) is 36.3 Å². The molecule has 3 aromatic carbocycles. The maximum Gasteiger partial charge on any atom is 0.510 e. The van der Waals surface area contributed by atoms with Crippen molar-refractivity contribution in [3.8, 4) is 48.5 Å². The highest BCUT2D eigenvalue weighted by atomic mass is 31.2. The van der Waals surface area contributed by atoms with E-state index in [1.165, 1.54) is 48.2 Å². The minimum absolute atomic E-state index is 0.0599. The fourth-order valence-electron chi connectivity index (χ4n) is 10.6. The molecule has 6 aliphatic rings. The molecule has 7 heterocycles. The van der Waals surface area contributed by atoms with E-state index in [0.717, 1.165) is 16.8 Å². The lowest BCUT2D eigenvalue weighted by molar-refractivity contribution is -0.149. The number of fused-ring (bicyclic) bond motifs is 1. The van der Waals surface area contributed by atoms with Crippen molar-refractivity contribution in [3.05, 3.63) is 179 Å². The summed E-state index contributed by atoms with van der Waals surface area (Å²) in [6.45, 7) is 11.5. The molecule has 0 bridgehead atoms. The smallest absolute Gasteiger partial charge is 0.481 e. The number of carboxylic acid groups (broad SMARTS) is 1. The summed E-state index contributed by atoms with van der Waals surface area (Å²) in [6.07, 6.45) is 7.85. The third-order valence-corrected chi connectivity index (χ3v) is 20.7. The van der Waals surface area contributed by atoms with Gasteiger partial charge >= 0.3 is 52.8 Å². The van der Waals surface area contributed by atoms with Gasteiger partial charge in [0.2, 0.25) is 0 Å². The van der Waals surface area contributed by atoms with Gasteiger partial charge in [0.05, 0.1) is 43.6 Å². The van der Waals surface area contributed by atoms with Gasteiger partial charge in [-0.25, -0.2) is 28.6 Å². The quantitative estimate of drug-likeness (QED) is 0.0127. The van der Waals surface area contributed by atoms with E-state index >= 15 is 0 Å². The Morgan fingerprint density at radius 2 is 1.18 bits per heavy atom. The molecule has 4 saturated heterocycles. The standard InChI is InChI=1S/C27H28N3O9P.C25H28N3O10P.C15H19N2O10P/c1-3-27(34)24(32)22(38-26(27)30-16-14-23(31)29-19(30)2)18-37-40(35,39-21-12-8-5-9-13-21)28-15-17-36-25(33)20-10-6-4-7-11-20;1-6-25-21(36-24(31)37-25)19(35-23(25)28-13-12-20(29)26-17(28)5)14-33-39(32,38-18-10-8-7-9-11-18)27-16(4)22(30)34-15(2)3;1-3-15(23)11(19)9(6-26-28(24,25)7-8(2)12(20)21)27-13(15)17-5-4-10(18)16-14(17)22/h1,4-14,16,22,24,26,32,34H,2,15,17-18H2,(H,28,35)(H,29,31);1,7-13,15-16,19,21,23H,5,14H2,2-4H3,(H,26,29)(H,27,32);1,4-5,8-9,11,13,19,23H,6-7H2,2H3,(H,20,21)(H,24,25)(H,16,18,22)/t22-,24-,26-,27-,40?;16-,19+,21+,23+,25+,39?;8-,9-,11-,13-,15-/m101/s1. The number of nitrogens with zero attached hydrogens (tertiary/aromatic N) is 3. The molecule has 3 unspecified atom stereocenters. The first kappa shape index (κ1) is 82.6. The Kier molecular flexibility index (Phi) is 27.1. The number of carbonyl (C=O) groups is 6. The minimum atomic E-state index is -4.36. The van der Waals surface area contributed by atoms with Crippen LogP contribution in [0.1, 0.15) is 44.3 Å². The molecule has 2 amide bonds. The number of aromatic amines is 1. The molecule has 4 fully saturated rings. The molecule has 1 aromatic heterocycles. The third kappa shape index (κ3) is 20.2. The lowest BCUT2D eigenvalue weighted by Gasteiger charge is -2.36. The van der Waals surface area contributed by atoms with Gasteiger partial charge in [0.15, 0.2) is 36.0 Å². The number of aliphatic hydroxyl groups excluding tert-OH is 2. The van der Waals surface area contributed by atoms with Crippen molar-refractivity contribution in [2.75, 3.05) is 39.1 Å². The van der Waals surface area contributed by atoms with Gasteiger partial charge in [-0.3, -0.25) is 47.1 Å². The fraction of sp³-hybridized carbons (Fsp3) is 0.373. The number of carboxylic acids is 1. The van der Waals surface area contributed by atoms with Gasteiger partial charge in [0.1, 0.15) is 66.3 Å². The van der Waals surface area contributed by atoms with Crippen molar-refractivity contribution < 1.29 is 129 Å². The number of aliphatic carboxylic acids is 1. The van der Waals surface area contributed by atoms with Crippen LogP contribution >= 0.6 is 23.1 Å². The molecule has 10 rings (SSSR count). The van der Waals surface area contributed by atoms with E-state index in [0.29, 0.717) is 5.56 Å². The number of nitrogens with one attached hydrogen (secondary N) is 5. The first-order valence-corrected chi connectivity index (χ1v) is 36.8. The van der Waals surface area contributed by atoms with E-state index in [4.69, 9.17) is 80.2 Å². The lowest BCUT2D eigenvalue weighted by Crippen LogP contribution is -2.54. The van der Waals surface area contributed by atoms with E-state index in [1.54, 1.807) is 105 Å². The summed E-state index contributed by atoms with van der Waals surface area (Å²) in [4.78, 5) is 108. The van der Waals surface area contributed by atoms with Crippen LogP contribution in [0.2, 0.25) is 0 Å². The average Bonchev–Trinajstić information content (AvgIpc) is 1.58. The summed E-state index contributed by atoms with van der Waals surface area (Å²) < 4.78 is 106. The predicted octanol–water partition coefficient (Wildman–Crippen LogP) is 1.75. The van der Waals surface area contributed by atoms with Gasteiger partial charge in [0.25, 0.3) is 23.0 Å². The van der Waals surface area contributed by atoms with Crippen molar-refractivity contribution in [1.82, 2.24) is 40.2 Å². The van der Waals surface area contributed by atoms with Gasteiger partial charge in [0, 0.05) is 43.4 Å². The molecule has 0 saturated carbocycles. The largest absolute Gasteiger partial charge is 0.510 e. The van der Waals surface area contributed by atoms with E-state index in [1.807, 2.05) is 10.9 Å². The Morgan fingerprint density at radius 3 is 1.70 bits per heavy atom. The van der Waals surface area contributed by atoms with Crippen molar-refractivity contribution in [1.29, 1.82) is 0 Å². The Labute approximate surface area is 610 Å². The summed E-state index contributed by atoms with van der Waals surface area (Å²) in [5, 5.41) is 61.7. The van der Waals surface area contributed by atoms with Gasteiger partial charge in [-0.15, -0.1) is 19.3 Å². The minimum Gasteiger partial charge on any atom is -0.481 e. The van der Waals surface area contributed by atoms with Crippen LogP contribution in [-0.2, 0) is 79.6 Å². The molecule has 107 heavy (non-hydrogen) atoms. The fourth-order valence-corrected chi connectivity index (χ4v) is 14.8. The Bertz CT molecular complexity index is 4430. The molecule has 11 N–H and O–H groups in total. The number of esters is 2. The highest BCUT2D eigenvalue weighted by Crippen LogP contribution is 2.51. The SMILES string of the molecule is C#C[C@@]1(O)[C@H](O)[C@@H](COP(=O)(NCCOC(=O)c2ccccc2)Oc2ccccc2)O[C@H]1N1C=CC(=O)NC1=C.C#C[C@@]1(O)[C@H](O)[C@@H](COP(=O)(O)C[C@@H](C)C(=O)O)O[C@H]1n1ccc(=O)[nH]c1=O.C#C[C@@]12OC(=O)O[C@@H]1[C@@H](COP(=O)(N[C@@H](C)C(=O)OC(C)C)Oc1ccccc1)O[C@H]2N1C=CC(=O)NC1=C. The second-order valence-electron chi connectivity index (χ2n) is 24.1. The normalized spacial score (nSPS) is 27.7. The highest BCUT2D eigenvalue weighted by Gasteiger charge is 2.68. The number of aliphatic hydroxyl groups is 4. The number of aromatic nitrogens is 2. The van der Waals surface area contributed by atoms with Crippen LogP contribution < -0.4 is 41.1 Å². The summed E-state index contributed by atoms with van der Waals surface area (Å²) in [5.74, 6) is 2.50. The van der Waals surface area contributed by atoms with Crippen molar-refractivity contribution in [2.45, 2.75) is 112 Å². The van der Waals surface area contributed by atoms with Crippen molar-refractivity contribution in [2.24, 2.45) is 5.92 Å². The van der Waals surface area contributed by atoms with E-state index < -0.39 is 186 Å². The molecule has 6 aliphatic heterocycles. The number of para-hydroxylation sites is 2. The van der Waals surface area contributed by atoms with Crippen LogP contribution in [0, 0.1) is 42.9 Å². The van der Waals surface area contributed by atoms with E-state index in [2.05, 4.69) is 45.8 Å². The number of hydrogen-bond acceptors (Lipinski definition) is 29. The molecule has 0 spiro atoms. The van der Waals surface area contributed by atoms with Gasteiger partial charge < -0.3 is 97.6 Å².